The quantitative estimate of drug-likeness (QED) is 0.173. The molecule has 2 heterocycles. The molecule has 2 nitrogen and oxygen atoms in total. The first-order valence-electron chi connectivity index (χ1n) is 21.4. The zero-order chi connectivity index (χ0) is 40.4. The van der Waals surface area contributed by atoms with Gasteiger partial charge in [0.05, 0.1) is 16.6 Å². The lowest BCUT2D eigenvalue weighted by Crippen LogP contribution is -2.61. The second-order valence-electron chi connectivity index (χ2n) is 17.9. The van der Waals surface area contributed by atoms with E-state index in [4.69, 9.17) is 0 Å². The summed E-state index contributed by atoms with van der Waals surface area (Å²) >= 11 is 0. The van der Waals surface area contributed by atoms with Crippen molar-refractivity contribution in [3.8, 4) is 16.8 Å². The molecule has 2 heteroatoms. The number of anilines is 2. The Morgan fingerprint density at radius 3 is 2.03 bits per heavy atom. The van der Waals surface area contributed by atoms with Crippen LogP contribution in [0.2, 0.25) is 0 Å². The first kappa shape index (κ1) is 35.1. The van der Waals surface area contributed by atoms with E-state index in [-0.39, 0.29) is 11.3 Å². The van der Waals surface area contributed by atoms with Crippen LogP contribution in [0.25, 0.3) is 55.3 Å². The normalized spacial score (nSPS) is 22.0. The number of para-hydroxylation sites is 3. The summed E-state index contributed by atoms with van der Waals surface area (Å²) in [6.45, 7) is 9.71. The standard InChI is InChI=1S/C58H46N2/c1-38-27-30-44(40-28-32-53-49(35-40)47-22-12-15-25-52(47)59(53)42-19-9-6-10-20-42)55-48-23-13-16-26-54(48)60(57(4)34-33-41(37-58(38,55)57)39-17-7-5-8-18-39)43-29-31-46-45-21-11-14-24-50(45)56(2,3)51(46)36-43/h5-38H,1-4H3. The largest absolute Gasteiger partial charge is 0.330 e. The SMILES string of the molecule is CC1C=CC(c2ccc3c(c2)c2ccccc2n3-c2ccccc2)=C2c3ccccc3N(c3ccc4c(c3)C(C)(C)c3ccccc3-4)C3(C)C=CC(c4ccccc4)=CC213. The van der Waals surface area contributed by atoms with Crippen LogP contribution in [0, 0.1) is 11.3 Å². The first-order chi connectivity index (χ1) is 29.3. The third kappa shape index (κ3) is 4.59. The summed E-state index contributed by atoms with van der Waals surface area (Å²) < 4.78 is 2.41. The molecule has 0 saturated carbocycles. The van der Waals surface area contributed by atoms with Gasteiger partial charge in [-0.2, -0.15) is 0 Å². The van der Waals surface area contributed by atoms with Crippen LogP contribution in [0.3, 0.4) is 0 Å². The Balaban J connectivity index is 1.14. The van der Waals surface area contributed by atoms with E-state index in [1.807, 2.05) is 0 Å². The molecule has 0 saturated heterocycles. The van der Waals surface area contributed by atoms with E-state index in [1.165, 1.54) is 94.5 Å². The van der Waals surface area contributed by atoms with Gasteiger partial charge in [0.2, 0.25) is 0 Å². The van der Waals surface area contributed by atoms with Crippen molar-refractivity contribution in [3.05, 3.63) is 228 Å². The maximum absolute atomic E-state index is 2.68. The fourth-order valence-electron chi connectivity index (χ4n) is 11.7. The number of hydrogen-bond acceptors (Lipinski definition) is 1. The number of benzene rings is 7. The highest BCUT2D eigenvalue weighted by molar-refractivity contribution is 6.13. The molecule has 0 amide bonds. The molecule has 1 spiro atoms. The Kier molecular flexibility index (Phi) is 7.34. The van der Waals surface area contributed by atoms with Gasteiger partial charge in [-0.15, -0.1) is 0 Å². The molecule has 12 rings (SSSR count). The Morgan fingerprint density at radius 1 is 0.517 bits per heavy atom. The van der Waals surface area contributed by atoms with E-state index in [2.05, 4.69) is 237 Å². The van der Waals surface area contributed by atoms with Crippen molar-refractivity contribution in [1.82, 2.24) is 4.57 Å². The van der Waals surface area contributed by atoms with Gasteiger partial charge in [0, 0.05) is 44.2 Å². The van der Waals surface area contributed by atoms with Crippen LogP contribution in [0.1, 0.15) is 55.5 Å². The van der Waals surface area contributed by atoms with Crippen LogP contribution in [0.15, 0.2) is 200 Å². The van der Waals surface area contributed by atoms with E-state index in [0.29, 0.717) is 0 Å². The third-order valence-corrected chi connectivity index (χ3v) is 14.6. The fourth-order valence-corrected chi connectivity index (χ4v) is 11.7. The van der Waals surface area contributed by atoms with Gasteiger partial charge in [-0.3, -0.25) is 0 Å². The van der Waals surface area contributed by atoms with Crippen LogP contribution in [-0.4, -0.2) is 10.1 Å². The zero-order valence-corrected chi connectivity index (χ0v) is 34.5. The van der Waals surface area contributed by atoms with Crippen LogP contribution in [0.5, 0.6) is 0 Å². The maximum Gasteiger partial charge on any atom is 0.0746 e. The van der Waals surface area contributed by atoms with Crippen LogP contribution in [-0.2, 0) is 5.41 Å². The molecule has 7 aromatic carbocycles. The molecule has 3 aliphatic carbocycles. The van der Waals surface area contributed by atoms with Crippen molar-refractivity contribution in [2.75, 3.05) is 4.90 Å². The Labute approximate surface area is 352 Å². The van der Waals surface area contributed by atoms with Crippen molar-refractivity contribution in [1.29, 1.82) is 0 Å². The molecule has 288 valence electrons. The molecule has 1 aliphatic heterocycles. The van der Waals surface area contributed by atoms with Gasteiger partial charge in [0.1, 0.15) is 0 Å². The Hall–Kier alpha value is -6.90. The molecule has 3 unspecified atom stereocenters. The monoisotopic (exact) mass is 770 g/mol. The lowest BCUT2D eigenvalue weighted by molar-refractivity contribution is 0.256. The molecular formula is C58H46N2. The number of nitrogens with zero attached hydrogens (tertiary/aromatic N) is 2. The van der Waals surface area contributed by atoms with Crippen molar-refractivity contribution >= 4 is 49.9 Å². The maximum atomic E-state index is 2.68. The zero-order valence-electron chi connectivity index (χ0n) is 34.5. The van der Waals surface area contributed by atoms with Crippen molar-refractivity contribution in [2.24, 2.45) is 11.3 Å². The highest BCUT2D eigenvalue weighted by Crippen LogP contribution is 2.67. The van der Waals surface area contributed by atoms with Gasteiger partial charge in [0.25, 0.3) is 0 Å². The van der Waals surface area contributed by atoms with Crippen LogP contribution < -0.4 is 4.90 Å². The lowest BCUT2D eigenvalue weighted by Gasteiger charge is -2.62. The molecule has 60 heavy (non-hydrogen) atoms. The molecule has 0 fully saturated rings. The minimum atomic E-state index is -0.471. The third-order valence-electron chi connectivity index (χ3n) is 14.6. The molecule has 0 radical (unpaired) electrons. The molecular weight excluding hydrogens is 725 g/mol. The van der Waals surface area contributed by atoms with Gasteiger partial charge in [-0.25, -0.2) is 0 Å². The Bertz CT molecular complexity index is 3210. The molecule has 4 aliphatic rings. The number of allylic oxidation sites excluding steroid dienone is 5. The minimum Gasteiger partial charge on any atom is -0.330 e. The summed E-state index contributed by atoms with van der Waals surface area (Å²) in [7, 11) is 0. The van der Waals surface area contributed by atoms with Crippen molar-refractivity contribution in [2.45, 2.75) is 38.6 Å². The Morgan fingerprint density at radius 2 is 1.20 bits per heavy atom. The number of aromatic nitrogens is 1. The van der Waals surface area contributed by atoms with Crippen LogP contribution >= 0.6 is 0 Å². The molecule has 3 atom stereocenters. The second kappa shape index (κ2) is 12.6. The summed E-state index contributed by atoms with van der Waals surface area (Å²) in [5, 5.41) is 2.53. The summed E-state index contributed by atoms with van der Waals surface area (Å²) in [6, 6.07) is 63.2. The summed E-state index contributed by atoms with van der Waals surface area (Å²) in [4.78, 5) is 2.68. The lowest BCUT2D eigenvalue weighted by atomic mass is 9.50. The van der Waals surface area contributed by atoms with Gasteiger partial charge < -0.3 is 9.47 Å². The number of fused-ring (bicyclic) bond motifs is 8. The van der Waals surface area contributed by atoms with Crippen LogP contribution in [0.4, 0.5) is 11.4 Å². The predicted octanol–water partition coefficient (Wildman–Crippen LogP) is 14.8. The fraction of sp³-hybridized carbons (Fsp3) is 0.138. The summed E-state index contributed by atoms with van der Waals surface area (Å²) in [6.07, 6.45) is 12.5. The minimum absolute atomic E-state index is 0.111. The topological polar surface area (TPSA) is 8.17 Å². The van der Waals surface area contributed by atoms with Gasteiger partial charge in [0.15, 0.2) is 0 Å². The van der Waals surface area contributed by atoms with Crippen molar-refractivity contribution in [3.63, 3.8) is 0 Å². The molecule has 8 aromatic rings. The van der Waals surface area contributed by atoms with Crippen molar-refractivity contribution < 1.29 is 0 Å². The second-order valence-corrected chi connectivity index (χ2v) is 17.9. The van der Waals surface area contributed by atoms with Gasteiger partial charge in [-0.05, 0) is 111 Å². The summed E-state index contributed by atoms with van der Waals surface area (Å²) in [5.74, 6) is 0.180. The van der Waals surface area contributed by atoms with Gasteiger partial charge in [-0.1, -0.05) is 172 Å². The smallest absolute Gasteiger partial charge is 0.0746 e. The highest BCUT2D eigenvalue weighted by atomic mass is 15.2. The average molecular weight is 771 g/mol. The van der Waals surface area contributed by atoms with E-state index < -0.39 is 11.0 Å². The van der Waals surface area contributed by atoms with E-state index in [9.17, 15) is 0 Å². The van der Waals surface area contributed by atoms with E-state index in [0.717, 1.165) is 0 Å². The predicted molar refractivity (Wildman–Crippen MR) is 253 cm³/mol. The number of rotatable bonds is 4. The van der Waals surface area contributed by atoms with E-state index >= 15 is 0 Å². The van der Waals surface area contributed by atoms with Gasteiger partial charge >= 0.3 is 0 Å². The number of hydrogen-bond donors (Lipinski definition) is 0. The summed E-state index contributed by atoms with van der Waals surface area (Å²) in [5.41, 5.74) is 18.2. The average Bonchev–Trinajstić information content (AvgIpc) is 3.74. The molecule has 0 N–H and O–H groups in total. The van der Waals surface area contributed by atoms with E-state index in [1.54, 1.807) is 0 Å². The highest BCUT2D eigenvalue weighted by Gasteiger charge is 2.60. The molecule has 1 aromatic heterocycles. The molecule has 0 bridgehead atoms. The first-order valence-corrected chi connectivity index (χ1v) is 21.4.